The summed E-state index contributed by atoms with van der Waals surface area (Å²) in [6, 6.07) is 6.71. The highest BCUT2D eigenvalue weighted by molar-refractivity contribution is 5.41. The third-order valence-corrected chi connectivity index (χ3v) is 4.18. The number of benzene rings is 1. The Labute approximate surface area is 115 Å². The number of rotatable bonds is 5. The maximum absolute atomic E-state index is 9.19. The molecule has 1 aromatic carbocycles. The molecule has 3 nitrogen and oxygen atoms in total. The zero-order chi connectivity index (χ0) is 13.9. The van der Waals surface area contributed by atoms with Crippen molar-refractivity contribution in [1.29, 1.82) is 5.26 Å². The minimum Gasteiger partial charge on any atom is -0.496 e. The van der Waals surface area contributed by atoms with E-state index in [-0.39, 0.29) is 5.41 Å². The molecule has 0 amide bonds. The van der Waals surface area contributed by atoms with Crippen molar-refractivity contribution in [2.75, 3.05) is 13.7 Å². The van der Waals surface area contributed by atoms with Gasteiger partial charge in [0.05, 0.1) is 18.6 Å². The lowest BCUT2D eigenvalue weighted by Gasteiger charge is -2.35. The van der Waals surface area contributed by atoms with E-state index in [1.165, 1.54) is 17.5 Å². The van der Waals surface area contributed by atoms with Gasteiger partial charge in [0.1, 0.15) is 5.75 Å². The van der Waals surface area contributed by atoms with Crippen molar-refractivity contribution in [1.82, 2.24) is 5.32 Å². The summed E-state index contributed by atoms with van der Waals surface area (Å²) in [5.41, 5.74) is 3.57. The monoisotopic (exact) mass is 258 g/mol. The highest BCUT2D eigenvalue weighted by atomic mass is 16.5. The van der Waals surface area contributed by atoms with E-state index in [0.29, 0.717) is 0 Å². The number of nitrogens with one attached hydrogen (secondary N) is 1. The Morgan fingerprint density at radius 3 is 2.58 bits per heavy atom. The second kappa shape index (κ2) is 5.63. The summed E-state index contributed by atoms with van der Waals surface area (Å²) in [4.78, 5) is 0. The molecule has 1 aromatic rings. The van der Waals surface area contributed by atoms with E-state index in [4.69, 9.17) is 4.74 Å². The van der Waals surface area contributed by atoms with Gasteiger partial charge in [-0.15, -0.1) is 0 Å². The smallest absolute Gasteiger partial charge is 0.122 e. The topological polar surface area (TPSA) is 45.0 Å². The summed E-state index contributed by atoms with van der Waals surface area (Å²) in [5, 5.41) is 12.6. The first-order valence-corrected chi connectivity index (χ1v) is 6.86. The molecule has 19 heavy (non-hydrogen) atoms. The first-order chi connectivity index (χ1) is 9.10. The normalized spacial score (nSPS) is 16.5. The van der Waals surface area contributed by atoms with Crippen molar-refractivity contribution in [3.8, 4) is 11.8 Å². The SMILES string of the molecule is COc1cc(C)c(CNCC2(C#N)CCC2)cc1C. The molecule has 102 valence electrons. The van der Waals surface area contributed by atoms with E-state index >= 15 is 0 Å². The van der Waals surface area contributed by atoms with Gasteiger partial charge in [0.25, 0.3) is 0 Å². The first kappa shape index (κ1) is 13.9. The summed E-state index contributed by atoms with van der Waals surface area (Å²) < 4.78 is 5.32. The van der Waals surface area contributed by atoms with Crippen LogP contribution in [0, 0.1) is 30.6 Å². The van der Waals surface area contributed by atoms with E-state index in [0.717, 1.165) is 37.2 Å². The summed E-state index contributed by atoms with van der Waals surface area (Å²) >= 11 is 0. The molecule has 2 rings (SSSR count). The van der Waals surface area contributed by atoms with Crippen LogP contribution >= 0.6 is 0 Å². The molecule has 3 heteroatoms. The number of ether oxygens (including phenoxy) is 1. The Morgan fingerprint density at radius 2 is 2.05 bits per heavy atom. The van der Waals surface area contributed by atoms with Gasteiger partial charge in [-0.05, 0) is 49.4 Å². The number of aryl methyl sites for hydroxylation is 2. The fraction of sp³-hybridized carbons (Fsp3) is 0.562. The van der Waals surface area contributed by atoms with Crippen molar-refractivity contribution < 1.29 is 4.74 Å². The van der Waals surface area contributed by atoms with Gasteiger partial charge in [-0.1, -0.05) is 12.5 Å². The van der Waals surface area contributed by atoms with E-state index in [9.17, 15) is 5.26 Å². The molecule has 0 saturated heterocycles. The number of hydrogen-bond acceptors (Lipinski definition) is 3. The fourth-order valence-electron chi connectivity index (χ4n) is 2.63. The molecule has 0 bridgehead atoms. The molecule has 0 atom stereocenters. The van der Waals surface area contributed by atoms with Crippen molar-refractivity contribution in [3.05, 3.63) is 28.8 Å². The second-order valence-corrected chi connectivity index (χ2v) is 5.60. The lowest BCUT2D eigenvalue weighted by atomic mass is 9.70. The average Bonchev–Trinajstić information content (AvgIpc) is 2.36. The van der Waals surface area contributed by atoms with Gasteiger partial charge < -0.3 is 10.1 Å². The van der Waals surface area contributed by atoms with Crippen LogP contribution in [0.1, 0.15) is 36.0 Å². The molecular formula is C16H22N2O. The van der Waals surface area contributed by atoms with Gasteiger partial charge in [-0.2, -0.15) is 5.26 Å². The summed E-state index contributed by atoms with van der Waals surface area (Å²) in [7, 11) is 1.70. The van der Waals surface area contributed by atoms with Gasteiger partial charge in [0.15, 0.2) is 0 Å². The molecule has 1 aliphatic carbocycles. The zero-order valence-electron chi connectivity index (χ0n) is 12.0. The molecule has 1 fully saturated rings. The van der Waals surface area contributed by atoms with Gasteiger partial charge in [-0.3, -0.25) is 0 Å². The van der Waals surface area contributed by atoms with Crippen LogP contribution in [0.2, 0.25) is 0 Å². The molecule has 0 radical (unpaired) electrons. The van der Waals surface area contributed by atoms with Crippen LogP contribution in [0.4, 0.5) is 0 Å². The largest absolute Gasteiger partial charge is 0.496 e. The van der Waals surface area contributed by atoms with Gasteiger partial charge in [-0.25, -0.2) is 0 Å². The molecule has 0 heterocycles. The fourth-order valence-corrected chi connectivity index (χ4v) is 2.63. The van der Waals surface area contributed by atoms with Crippen LogP contribution in [0.5, 0.6) is 5.75 Å². The number of methoxy groups -OCH3 is 1. The number of nitriles is 1. The molecule has 1 saturated carbocycles. The average molecular weight is 258 g/mol. The van der Waals surface area contributed by atoms with E-state index in [1.807, 2.05) is 0 Å². The third-order valence-electron chi connectivity index (χ3n) is 4.18. The molecule has 0 aromatic heterocycles. The zero-order valence-corrected chi connectivity index (χ0v) is 12.0. The Kier molecular flexibility index (Phi) is 4.11. The Morgan fingerprint density at radius 1 is 1.32 bits per heavy atom. The summed E-state index contributed by atoms with van der Waals surface area (Å²) in [6.45, 7) is 5.78. The van der Waals surface area contributed by atoms with Gasteiger partial charge in [0, 0.05) is 13.1 Å². The molecular weight excluding hydrogens is 236 g/mol. The van der Waals surface area contributed by atoms with Crippen molar-refractivity contribution in [2.24, 2.45) is 5.41 Å². The third kappa shape index (κ3) is 2.90. The standard InChI is InChI=1S/C16H22N2O/c1-12-8-15(19-3)13(2)7-14(12)9-18-11-16(10-17)5-4-6-16/h7-8,18H,4-6,9,11H2,1-3H3. The van der Waals surface area contributed by atoms with Crippen LogP contribution in [0.15, 0.2) is 12.1 Å². The van der Waals surface area contributed by atoms with Crippen LogP contribution < -0.4 is 10.1 Å². The molecule has 1 aliphatic rings. The Balaban J connectivity index is 1.96. The second-order valence-electron chi connectivity index (χ2n) is 5.60. The maximum atomic E-state index is 9.19. The predicted molar refractivity (Wildman–Crippen MR) is 76.1 cm³/mol. The maximum Gasteiger partial charge on any atom is 0.122 e. The Bertz CT molecular complexity index is 498. The van der Waals surface area contributed by atoms with Crippen LogP contribution in [0.3, 0.4) is 0 Å². The predicted octanol–water partition coefficient (Wildman–Crippen LogP) is 3.10. The lowest BCUT2D eigenvalue weighted by molar-refractivity contribution is 0.206. The first-order valence-electron chi connectivity index (χ1n) is 6.86. The van der Waals surface area contributed by atoms with Crippen LogP contribution in [-0.2, 0) is 6.54 Å². The minimum absolute atomic E-state index is 0.102. The number of hydrogen-bond donors (Lipinski definition) is 1. The molecule has 0 spiro atoms. The van der Waals surface area contributed by atoms with Crippen LogP contribution in [-0.4, -0.2) is 13.7 Å². The van der Waals surface area contributed by atoms with Crippen molar-refractivity contribution in [3.63, 3.8) is 0 Å². The highest BCUT2D eigenvalue weighted by Crippen LogP contribution is 2.39. The Hall–Kier alpha value is -1.53. The van der Waals surface area contributed by atoms with Crippen molar-refractivity contribution >= 4 is 0 Å². The summed E-state index contributed by atoms with van der Waals surface area (Å²) in [6.07, 6.45) is 3.27. The summed E-state index contributed by atoms with van der Waals surface area (Å²) in [5.74, 6) is 0.939. The molecule has 1 N–H and O–H groups in total. The minimum atomic E-state index is -0.102. The highest BCUT2D eigenvalue weighted by Gasteiger charge is 2.36. The van der Waals surface area contributed by atoms with Crippen molar-refractivity contribution in [2.45, 2.75) is 39.7 Å². The number of nitrogens with zero attached hydrogens (tertiary/aromatic N) is 1. The van der Waals surface area contributed by atoms with Crippen LogP contribution in [0.25, 0.3) is 0 Å². The lowest BCUT2D eigenvalue weighted by Crippen LogP contribution is -2.38. The van der Waals surface area contributed by atoms with Gasteiger partial charge >= 0.3 is 0 Å². The van der Waals surface area contributed by atoms with Gasteiger partial charge in [0.2, 0.25) is 0 Å². The molecule has 0 aliphatic heterocycles. The van der Waals surface area contributed by atoms with E-state index in [1.54, 1.807) is 7.11 Å². The van der Waals surface area contributed by atoms with E-state index in [2.05, 4.69) is 37.4 Å². The quantitative estimate of drug-likeness (QED) is 0.882. The van der Waals surface area contributed by atoms with E-state index < -0.39 is 0 Å². The molecule has 0 unspecified atom stereocenters.